The standard InChI is InChI=1S/C6HF4.ClH.FH.Mg/c7-3-1-2-4(8)6(10)5(3)9;;;/h1H;2*1H;/q;;;+1/p-1. The molecule has 1 aromatic rings. The van der Waals surface area contributed by atoms with Crippen molar-refractivity contribution in [2.24, 2.45) is 0 Å². The fourth-order valence-corrected chi connectivity index (χ4v) is 1.25. The molecule has 0 atom stereocenters. The molecule has 0 fully saturated rings. The van der Waals surface area contributed by atoms with E-state index in [1.165, 1.54) is 0 Å². The molecule has 0 spiro atoms. The van der Waals surface area contributed by atoms with Gasteiger partial charge in [-0.15, -0.1) is 12.4 Å². The Labute approximate surface area is 87.0 Å². The molecule has 1 aromatic carbocycles. The van der Waals surface area contributed by atoms with Crippen LogP contribution in [0.5, 0.6) is 0 Å². The molecule has 0 amide bonds. The third-order valence-electron chi connectivity index (χ3n) is 1.32. The average Bonchev–Trinajstić information content (AvgIpc) is 2.08. The van der Waals surface area contributed by atoms with Crippen molar-refractivity contribution < 1.29 is 20.5 Å². The van der Waals surface area contributed by atoms with E-state index in [4.69, 9.17) is 0 Å². The molecule has 7 heteroatoms. The fraction of sp³-hybridized carbons (Fsp3) is 0. The molecule has 0 aliphatic carbocycles. The zero-order valence-corrected chi connectivity index (χ0v) is 8.31. The van der Waals surface area contributed by atoms with Gasteiger partial charge in [0.1, 0.15) is 5.82 Å². The Bertz CT molecular complexity index is 316. The van der Waals surface area contributed by atoms with E-state index in [0.29, 0.717) is 6.07 Å². The van der Waals surface area contributed by atoms with Gasteiger partial charge in [0.15, 0.2) is 17.5 Å². The van der Waals surface area contributed by atoms with Gasteiger partial charge in [-0.2, -0.15) is 0 Å². The predicted octanol–water partition coefficient (Wildman–Crippen LogP) is 1.88. The molecular weight excluding hydrogens is 227 g/mol. The van der Waals surface area contributed by atoms with Crippen molar-refractivity contribution >= 4 is 37.0 Å². The first-order valence-electron chi connectivity index (χ1n) is 2.95. The molecule has 0 aliphatic heterocycles. The van der Waals surface area contributed by atoms with E-state index in [1.54, 1.807) is 0 Å². The highest BCUT2D eigenvalue weighted by atomic mass is 35.5. The van der Waals surface area contributed by atoms with Crippen LogP contribution in [0.3, 0.4) is 0 Å². The first-order chi connectivity index (χ1) is 5.57. The normalized spacial score (nSPS) is 9.00. The lowest BCUT2D eigenvalue weighted by Gasteiger charge is -2.00. The van der Waals surface area contributed by atoms with E-state index >= 15 is 0 Å². The van der Waals surface area contributed by atoms with Crippen molar-refractivity contribution in [1.29, 1.82) is 0 Å². The van der Waals surface area contributed by atoms with Gasteiger partial charge in [-0.3, -0.25) is 0 Å². The summed E-state index contributed by atoms with van der Waals surface area (Å²) in [6, 6.07) is 0.347. The molecule has 0 N–H and O–H groups in total. The lowest BCUT2D eigenvalue weighted by atomic mass is 10.3. The number of hydrogen-bond acceptors (Lipinski definition) is 0. The van der Waals surface area contributed by atoms with E-state index in [-0.39, 0.29) is 12.4 Å². The van der Waals surface area contributed by atoms with Crippen LogP contribution in [0.2, 0.25) is 0 Å². The topological polar surface area (TPSA) is 0 Å². The summed E-state index contributed by atoms with van der Waals surface area (Å²) in [5, 5.41) is 0. The molecule has 0 heterocycles. The average molecular weight is 229 g/mol. The minimum atomic E-state index is -2.52. The Morgan fingerprint density at radius 2 is 1.46 bits per heavy atom. The van der Waals surface area contributed by atoms with Gasteiger partial charge in [0.2, 0.25) is 0 Å². The smallest absolute Gasteiger partial charge is 0.475 e. The van der Waals surface area contributed by atoms with Gasteiger partial charge in [-0.25, -0.2) is 17.6 Å². The number of benzene rings is 1. The Morgan fingerprint density at radius 3 is 1.92 bits per heavy atom. The Morgan fingerprint density at radius 1 is 0.923 bits per heavy atom. The Kier molecular flexibility index (Phi) is 4.94. The highest BCUT2D eigenvalue weighted by Gasteiger charge is 2.19. The highest BCUT2D eigenvalue weighted by Crippen LogP contribution is 2.11. The third kappa shape index (κ3) is 2.44. The Balaban J connectivity index is 0.00000144. The SMILES string of the molecule is Cl.[F][Mg][c]1cc(F)c(F)c(F)c1F. The second kappa shape index (κ2) is 4.97. The molecular formula is C6H2ClF5Mg. The van der Waals surface area contributed by atoms with Crippen molar-refractivity contribution in [3.8, 4) is 0 Å². The molecule has 13 heavy (non-hydrogen) atoms. The van der Waals surface area contributed by atoms with Gasteiger partial charge >= 0.3 is 20.9 Å². The van der Waals surface area contributed by atoms with Crippen molar-refractivity contribution in [2.75, 3.05) is 0 Å². The zero-order chi connectivity index (χ0) is 9.30. The second-order valence-corrected chi connectivity index (χ2v) is 3.12. The lowest BCUT2D eigenvalue weighted by molar-refractivity contribution is 0.412. The minimum absolute atomic E-state index is 0. The predicted molar refractivity (Wildman–Crippen MR) is 40.0 cm³/mol. The van der Waals surface area contributed by atoms with Crippen LogP contribution < -0.4 is 3.69 Å². The summed E-state index contributed by atoms with van der Waals surface area (Å²) in [5.74, 6) is -7.04. The van der Waals surface area contributed by atoms with Crippen LogP contribution >= 0.6 is 12.4 Å². The van der Waals surface area contributed by atoms with Gasteiger partial charge in [-0.05, 0) is 6.07 Å². The van der Waals surface area contributed by atoms with Crippen molar-refractivity contribution in [1.82, 2.24) is 0 Å². The zero-order valence-electron chi connectivity index (χ0n) is 6.08. The number of halogens is 6. The van der Waals surface area contributed by atoms with Gasteiger partial charge in [0.25, 0.3) is 0 Å². The van der Waals surface area contributed by atoms with Crippen LogP contribution in [0.15, 0.2) is 6.07 Å². The molecule has 0 saturated heterocycles. The monoisotopic (exact) mass is 228 g/mol. The van der Waals surface area contributed by atoms with Crippen LogP contribution in [0.25, 0.3) is 0 Å². The molecule has 1 rings (SSSR count). The number of rotatable bonds is 1. The summed E-state index contributed by atoms with van der Waals surface area (Å²) in [5.41, 5.74) is 0. The lowest BCUT2D eigenvalue weighted by Crippen LogP contribution is -2.19. The van der Waals surface area contributed by atoms with Crippen molar-refractivity contribution in [2.45, 2.75) is 0 Å². The second-order valence-electron chi connectivity index (χ2n) is 2.09. The molecule has 0 aliphatic rings. The van der Waals surface area contributed by atoms with E-state index in [1.807, 2.05) is 0 Å². The maximum atomic E-state index is 12.5. The highest BCUT2D eigenvalue weighted by molar-refractivity contribution is 6.46. The van der Waals surface area contributed by atoms with Gasteiger partial charge in [-0.1, -0.05) is 3.69 Å². The third-order valence-corrected chi connectivity index (χ3v) is 2.12. The molecule has 0 nitrogen and oxygen atoms in total. The van der Waals surface area contributed by atoms with Crippen molar-refractivity contribution in [3.63, 3.8) is 0 Å². The van der Waals surface area contributed by atoms with Crippen LogP contribution in [0, 0.1) is 23.3 Å². The minimum Gasteiger partial charge on any atom is -0.475 e. The van der Waals surface area contributed by atoms with E-state index < -0.39 is 47.9 Å². The van der Waals surface area contributed by atoms with Crippen LogP contribution in [0.1, 0.15) is 0 Å². The molecule has 0 bridgehead atoms. The first kappa shape index (κ1) is 12.9. The summed E-state index contributed by atoms with van der Waals surface area (Å²) >= 11 is -2.52. The summed E-state index contributed by atoms with van der Waals surface area (Å²) < 4.78 is 60.5. The number of hydrogen-bond donors (Lipinski definition) is 0. The van der Waals surface area contributed by atoms with Crippen LogP contribution in [0.4, 0.5) is 20.5 Å². The summed E-state index contributed by atoms with van der Waals surface area (Å²) in [7, 11) is 0. The van der Waals surface area contributed by atoms with Crippen molar-refractivity contribution in [3.05, 3.63) is 29.3 Å². The molecule has 0 aromatic heterocycles. The van der Waals surface area contributed by atoms with Crippen LogP contribution in [-0.2, 0) is 0 Å². The Hall–Kier alpha value is -0.0738. The largest absolute Gasteiger partial charge is 0.655 e. The maximum Gasteiger partial charge on any atom is 0.655 e. The quantitative estimate of drug-likeness (QED) is 0.298. The molecule has 0 unspecified atom stereocenters. The molecule has 0 saturated carbocycles. The van der Waals surface area contributed by atoms with E-state index in [2.05, 4.69) is 0 Å². The maximum absolute atomic E-state index is 12.5. The van der Waals surface area contributed by atoms with Gasteiger partial charge < -0.3 is 2.96 Å². The molecule has 70 valence electrons. The molecule has 0 radical (unpaired) electrons. The first-order valence-corrected chi connectivity index (χ1v) is 4.20. The summed E-state index contributed by atoms with van der Waals surface area (Å²) in [4.78, 5) is 0. The van der Waals surface area contributed by atoms with E-state index in [0.717, 1.165) is 0 Å². The van der Waals surface area contributed by atoms with Gasteiger partial charge in [0.05, 0.1) is 0 Å². The van der Waals surface area contributed by atoms with Crippen LogP contribution in [-0.4, -0.2) is 20.9 Å². The summed E-state index contributed by atoms with van der Waals surface area (Å²) in [6.07, 6.45) is 0. The van der Waals surface area contributed by atoms with Gasteiger partial charge in [0, 0.05) is 0 Å². The van der Waals surface area contributed by atoms with E-state index in [9.17, 15) is 20.5 Å². The summed E-state index contributed by atoms with van der Waals surface area (Å²) in [6.45, 7) is 0. The fourth-order valence-electron chi connectivity index (χ4n) is 0.719.